The minimum Gasteiger partial charge on any atom is -0.506 e. The van der Waals surface area contributed by atoms with Gasteiger partial charge in [0.05, 0.1) is 16.3 Å². The van der Waals surface area contributed by atoms with Gasteiger partial charge in [-0.3, -0.25) is 15.1 Å². The van der Waals surface area contributed by atoms with E-state index in [0.29, 0.717) is 11.4 Å². The van der Waals surface area contributed by atoms with Crippen molar-refractivity contribution in [3.8, 4) is 5.75 Å². The van der Waals surface area contributed by atoms with E-state index >= 15 is 0 Å². The number of phenols is 1. The monoisotopic (exact) mass is 366 g/mol. The number of pyridine rings is 1. The van der Waals surface area contributed by atoms with E-state index < -0.39 is 4.92 Å². The lowest BCUT2D eigenvalue weighted by Crippen LogP contribution is -1.86. The summed E-state index contributed by atoms with van der Waals surface area (Å²) in [7, 11) is 0. The zero-order valence-electron chi connectivity index (χ0n) is 13.5. The quantitative estimate of drug-likeness (QED) is 0.272. The van der Waals surface area contributed by atoms with Crippen molar-refractivity contribution in [2.75, 3.05) is 0 Å². The highest BCUT2D eigenvalue weighted by molar-refractivity contribution is 7.98. The Labute approximate surface area is 153 Å². The highest BCUT2D eigenvalue weighted by Crippen LogP contribution is 2.35. The molecule has 2 aromatic carbocycles. The Morgan fingerprint density at radius 3 is 2.58 bits per heavy atom. The van der Waals surface area contributed by atoms with Crippen LogP contribution in [0.3, 0.4) is 0 Å². The molecule has 0 bridgehead atoms. The van der Waals surface area contributed by atoms with Crippen LogP contribution in [0.25, 0.3) is 0 Å². The molecule has 26 heavy (non-hydrogen) atoms. The number of thioether (sulfide) groups is 1. The van der Waals surface area contributed by atoms with Crippen LogP contribution in [-0.4, -0.2) is 15.0 Å². The van der Waals surface area contributed by atoms with Crippen molar-refractivity contribution in [1.29, 1.82) is 0 Å². The molecule has 0 aliphatic rings. The maximum Gasteiger partial charge on any atom is 0.271 e. The van der Waals surface area contributed by atoms with Crippen molar-refractivity contribution in [1.82, 2.24) is 4.98 Å². The van der Waals surface area contributed by atoms with Crippen LogP contribution < -0.4 is 0 Å². The summed E-state index contributed by atoms with van der Waals surface area (Å²) < 4.78 is 0. The second-order valence-corrected chi connectivity index (χ2v) is 6.22. The molecule has 1 N–H and O–H groups in total. The topological polar surface area (TPSA) is 101 Å². The summed E-state index contributed by atoms with van der Waals surface area (Å²) in [5.41, 5.74) is 1.44. The van der Waals surface area contributed by atoms with Crippen LogP contribution in [-0.2, 0) is 5.75 Å². The number of benzene rings is 2. The molecule has 7 nitrogen and oxygen atoms in total. The van der Waals surface area contributed by atoms with E-state index in [0.717, 1.165) is 10.6 Å². The van der Waals surface area contributed by atoms with Gasteiger partial charge in [-0.1, -0.05) is 18.2 Å². The van der Waals surface area contributed by atoms with Crippen molar-refractivity contribution in [3.05, 3.63) is 82.7 Å². The highest BCUT2D eigenvalue weighted by atomic mass is 32.2. The summed E-state index contributed by atoms with van der Waals surface area (Å²) in [6, 6.07) is 16.8. The maximum absolute atomic E-state index is 10.9. The highest BCUT2D eigenvalue weighted by Gasteiger charge is 2.10. The number of azo groups is 1. The molecule has 1 aromatic heterocycles. The lowest BCUT2D eigenvalue weighted by atomic mass is 10.2. The Hall–Kier alpha value is -3.26. The molecule has 0 aliphatic carbocycles. The first-order valence-electron chi connectivity index (χ1n) is 7.64. The van der Waals surface area contributed by atoms with E-state index in [1.165, 1.54) is 18.2 Å². The van der Waals surface area contributed by atoms with Crippen molar-refractivity contribution in [2.24, 2.45) is 10.2 Å². The number of rotatable bonds is 6. The molecule has 130 valence electrons. The van der Waals surface area contributed by atoms with E-state index in [2.05, 4.69) is 15.2 Å². The summed E-state index contributed by atoms with van der Waals surface area (Å²) in [5.74, 6) is 0.507. The molecule has 0 unspecified atom stereocenters. The van der Waals surface area contributed by atoms with Crippen molar-refractivity contribution >= 4 is 28.8 Å². The normalized spacial score (nSPS) is 10.9. The molecule has 3 aromatic rings. The zero-order chi connectivity index (χ0) is 18.4. The van der Waals surface area contributed by atoms with E-state index in [-0.39, 0.29) is 17.1 Å². The van der Waals surface area contributed by atoms with Crippen LogP contribution in [0.4, 0.5) is 17.1 Å². The number of nitro groups is 1. The molecular weight excluding hydrogens is 352 g/mol. The Balaban J connectivity index is 1.81. The summed E-state index contributed by atoms with van der Waals surface area (Å²) >= 11 is 1.56. The average molecular weight is 366 g/mol. The number of hydrogen-bond donors (Lipinski definition) is 1. The Bertz CT molecular complexity index is 948. The van der Waals surface area contributed by atoms with Crippen LogP contribution in [0.2, 0.25) is 0 Å². The fourth-order valence-corrected chi connectivity index (χ4v) is 3.02. The van der Waals surface area contributed by atoms with Gasteiger partial charge in [-0.05, 0) is 30.3 Å². The number of aromatic hydroxyl groups is 1. The van der Waals surface area contributed by atoms with Gasteiger partial charge in [0.2, 0.25) is 0 Å². The lowest BCUT2D eigenvalue weighted by molar-refractivity contribution is -0.384. The van der Waals surface area contributed by atoms with Gasteiger partial charge >= 0.3 is 0 Å². The summed E-state index contributed by atoms with van der Waals surface area (Å²) in [6.45, 7) is 0. The van der Waals surface area contributed by atoms with Crippen LogP contribution in [0.5, 0.6) is 5.75 Å². The fourth-order valence-electron chi connectivity index (χ4n) is 2.11. The van der Waals surface area contributed by atoms with Gasteiger partial charge in [-0.15, -0.1) is 22.0 Å². The molecule has 1 heterocycles. The second-order valence-electron chi connectivity index (χ2n) is 5.21. The predicted molar refractivity (Wildman–Crippen MR) is 99.2 cm³/mol. The number of hydrogen-bond acceptors (Lipinski definition) is 7. The summed E-state index contributed by atoms with van der Waals surface area (Å²) in [5, 5.41) is 28.8. The smallest absolute Gasteiger partial charge is 0.271 e. The SMILES string of the molecule is O=[N+]([O-])c1ccc(O)c(N=Nc2ccccc2SCc2ccccn2)c1. The molecule has 0 atom stereocenters. The number of nitro benzene ring substituents is 1. The van der Waals surface area contributed by atoms with Gasteiger partial charge in [-0.2, -0.15) is 0 Å². The standard InChI is InChI=1S/C18H14N4O3S/c23-17-9-8-14(22(24)25)11-16(17)21-20-15-6-1-2-7-18(15)26-12-13-5-3-4-10-19-13/h1-11,23H,12H2. The molecule has 0 saturated heterocycles. The van der Waals surface area contributed by atoms with Gasteiger partial charge in [0, 0.05) is 29.0 Å². The van der Waals surface area contributed by atoms with Gasteiger partial charge in [0.1, 0.15) is 11.4 Å². The molecule has 3 rings (SSSR count). The van der Waals surface area contributed by atoms with Crippen molar-refractivity contribution in [3.63, 3.8) is 0 Å². The van der Waals surface area contributed by atoms with Crippen molar-refractivity contribution < 1.29 is 10.0 Å². The van der Waals surface area contributed by atoms with E-state index in [1.807, 2.05) is 36.4 Å². The molecule has 0 amide bonds. The zero-order valence-corrected chi connectivity index (χ0v) is 14.3. The third kappa shape index (κ3) is 4.42. The minimum atomic E-state index is -0.547. The van der Waals surface area contributed by atoms with Crippen LogP contribution >= 0.6 is 11.8 Å². The largest absolute Gasteiger partial charge is 0.506 e. The van der Waals surface area contributed by atoms with Crippen molar-refractivity contribution in [2.45, 2.75) is 10.6 Å². The Morgan fingerprint density at radius 2 is 1.81 bits per heavy atom. The fraction of sp³-hybridized carbons (Fsp3) is 0.0556. The maximum atomic E-state index is 10.9. The van der Waals surface area contributed by atoms with E-state index in [9.17, 15) is 15.2 Å². The van der Waals surface area contributed by atoms with Crippen LogP contribution in [0.15, 0.2) is 82.0 Å². The van der Waals surface area contributed by atoms with Gasteiger partial charge < -0.3 is 5.11 Å². The number of non-ortho nitro benzene ring substituents is 1. The van der Waals surface area contributed by atoms with Gasteiger partial charge in [0.25, 0.3) is 5.69 Å². The molecule has 0 fully saturated rings. The molecule has 0 saturated carbocycles. The molecular formula is C18H14N4O3S. The third-order valence-corrected chi connectivity index (χ3v) is 4.50. The van der Waals surface area contributed by atoms with Crippen LogP contribution in [0, 0.1) is 10.1 Å². The first-order valence-corrected chi connectivity index (χ1v) is 8.63. The average Bonchev–Trinajstić information content (AvgIpc) is 2.67. The molecule has 0 aliphatic heterocycles. The first kappa shape index (κ1) is 17.6. The van der Waals surface area contributed by atoms with E-state index in [4.69, 9.17) is 0 Å². The van der Waals surface area contributed by atoms with Crippen LogP contribution in [0.1, 0.15) is 5.69 Å². The Kier molecular flexibility index (Phi) is 5.55. The minimum absolute atomic E-state index is 0.0451. The molecule has 0 radical (unpaired) electrons. The number of nitrogens with zero attached hydrogens (tertiary/aromatic N) is 4. The number of aromatic nitrogens is 1. The second kappa shape index (κ2) is 8.21. The van der Waals surface area contributed by atoms with Gasteiger partial charge in [-0.25, -0.2) is 0 Å². The lowest BCUT2D eigenvalue weighted by Gasteiger charge is -2.04. The number of phenolic OH excluding ortho intramolecular Hbond substituents is 1. The van der Waals surface area contributed by atoms with Gasteiger partial charge in [0.15, 0.2) is 0 Å². The predicted octanol–water partition coefficient (Wildman–Crippen LogP) is 5.40. The molecule has 0 spiro atoms. The Morgan fingerprint density at radius 1 is 1.04 bits per heavy atom. The third-order valence-electron chi connectivity index (χ3n) is 3.40. The summed E-state index contributed by atoms with van der Waals surface area (Å²) in [4.78, 5) is 15.5. The summed E-state index contributed by atoms with van der Waals surface area (Å²) in [6.07, 6.45) is 1.74. The first-order chi connectivity index (χ1) is 12.6. The van der Waals surface area contributed by atoms with E-state index in [1.54, 1.807) is 24.0 Å². The molecule has 8 heteroatoms.